The van der Waals surface area contributed by atoms with Gasteiger partial charge in [0.15, 0.2) is 0 Å². The molecule has 0 atom stereocenters. The quantitative estimate of drug-likeness (QED) is 0.0723. The molecule has 0 N–H and O–H groups in total. The summed E-state index contributed by atoms with van der Waals surface area (Å²) in [6.45, 7) is 13.8. The molecule has 0 bridgehead atoms. The highest BCUT2D eigenvalue weighted by molar-refractivity contribution is 6.10. The third-order valence-corrected chi connectivity index (χ3v) is 7.72. The molecule has 0 radical (unpaired) electrons. The van der Waals surface area contributed by atoms with E-state index >= 15 is 0 Å². The smallest absolute Gasteiger partial charge is 0.347 e. The number of anilines is 2. The molecule has 9 heteroatoms. The zero-order chi connectivity index (χ0) is 31.5. The second kappa shape index (κ2) is 16.2. The Hall–Kier alpha value is -3.95. The average molecular weight is 605 g/mol. The first-order chi connectivity index (χ1) is 21.4. The number of unbranched alkanes of at least 4 members (excludes halogenated alkanes) is 2. The lowest BCUT2D eigenvalue weighted by atomic mass is 10.0. The Morgan fingerprint density at radius 3 is 1.52 bits per heavy atom. The van der Waals surface area contributed by atoms with Crippen LogP contribution < -0.4 is 21.1 Å². The Labute approximate surface area is 258 Å². The van der Waals surface area contributed by atoms with Crippen molar-refractivity contribution in [2.24, 2.45) is 0 Å². The van der Waals surface area contributed by atoms with E-state index in [0.717, 1.165) is 50.1 Å². The van der Waals surface area contributed by atoms with Crippen molar-refractivity contribution >= 4 is 39.1 Å². The van der Waals surface area contributed by atoms with Gasteiger partial charge in [0.25, 0.3) is 0 Å². The number of fused-ring (bicyclic) bond motifs is 2. The number of ketones is 1. The Balaban J connectivity index is 1.58. The molecule has 0 aliphatic heterocycles. The monoisotopic (exact) mass is 604 g/mol. The molecule has 0 fully saturated rings. The van der Waals surface area contributed by atoms with Crippen LogP contribution in [0.5, 0.6) is 0 Å². The van der Waals surface area contributed by atoms with E-state index in [1.54, 1.807) is 12.1 Å². The highest BCUT2D eigenvalue weighted by Crippen LogP contribution is 2.25. The summed E-state index contributed by atoms with van der Waals surface area (Å²) in [6, 6.07) is 14.0. The predicted octanol–water partition coefficient (Wildman–Crippen LogP) is 6.42. The maximum absolute atomic E-state index is 13.4. The second-order valence-corrected chi connectivity index (χ2v) is 10.8. The molecule has 0 aliphatic carbocycles. The molecule has 0 saturated heterocycles. The summed E-state index contributed by atoms with van der Waals surface area (Å²) < 4.78 is 22.8. The number of hydrogen-bond donors (Lipinski definition) is 0. The minimum atomic E-state index is -0.812. The Morgan fingerprint density at radius 2 is 1.09 bits per heavy atom. The first-order valence-electron chi connectivity index (χ1n) is 15.8. The van der Waals surface area contributed by atoms with Crippen molar-refractivity contribution in [1.82, 2.24) is 0 Å². The molecule has 2 aromatic carbocycles. The lowest BCUT2D eigenvalue weighted by Gasteiger charge is -2.25. The Kier molecular flexibility index (Phi) is 12.1. The van der Waals surface area contributed by atoms with E-state index in [-0.39, 0.29) is 11.1 Å². The topological polar surface area (TPSA) is 102 Å². The van der Waals surface area contributed by atoms with Crippen LogP contribution in [0.1, 0.15) is 69.3 Å². The zero-order valence-electron chi connectivity index (χ0n) is 26.4. The highest BCUT2D eigenvalue weighted by atomic mass is 16.5. The van der Waals surface area contributed by atoms with Crippen LogP contribution >= 0.6 is 0 Å². The minimum absolute atomic E-state index is 0.214. The van der Waals surface area contributed by atoms with Gasteiger partial charge in [0.05, 0.1) is 13.2 Å². The van der Waals surface area contributed by atoms with Crippen molar-refractivity contribution in [3.63, 3.8) is 0 Å². The van der Waals surface area contributed by atoms with Crippen molar-refractivity contribution in [2.75, 3.05) is 62.4 Å². The molecule has 0 aliphatic rings. The number of ether oxygens (including phenoxy) is 2. The molecule has 0 saturated carbocycles. The van der Waals surface area contributed by atoms with Crippen LogP contribution in [0.2, 0.25) is 0 Å². The van der Waals surface area contributed by atoms with E-state index < -0.39 is 17.0 Å². The van der Waals surface area contributed by atoms with Crippen molar-refractivity contribution < 1.29 is 23.1 Å². The first-order valence-corrected chi connectivity index (χ1v) is 15.8. The van der Waals surface area contributed by atoms with Gasteiger partial charge in [-0.25, -0.2) is 9.59 Å². The molecule has 2 heterocycles. The summed E-state index contributed by atoms with van der Waals surface area (Å²) in [5.41, 5.74) is 0.465. The lowest BCUT2D eigenvalue weighted by Crippen LogP contribution is -2.31. The number of carbonyl (C=O) groups excluding carboxylic acids is 1. The lowest BCUT2D eigenvalue weighted by molar-refractivity contribution is 0.103. The van der Waals surface area contributed by atoms with Crippen LogP contribution in [-0.2, 0) is 9.47 Å². The predicted molar refractivity (Wildman–Crippen MR) is 176 cm³/mol. The van der Waals surface area contributed by atoms with Gasteiger partial charge in [-0.1, -0.05) is 26.7 Å². The molecule has 236 valence electrons. The molecule has 44 heavy (non-hydrogen) atoms. The van der Waals surface area contributed by atoms with Crippen LogP contribution in [0.3, 0.4) is 0 Å². The Morgan fingerprint density at radius 1 is 0.636 bits per heavy atom. The normalized spacial score (nSPS) is 11.4. The summed E-state index contributed by atoms with van der Waals surface area (Å²) >= 11 is 0. The van der Waals surface area contributed by atoms with Gasteiger partial charge in [-0.15, -0.1) is 0 Å². The molecule has 4 aromatic rings. The van der Waals surface area contributed by atoms with E-state index in [4.69, 9.17) is 18.3 Å². The van der Waals surface area contributed by atoms with Crippen LogP contribution in [0.25, 0.3) is 21.9 Å². The van der Waals surface area contributed by atoms with E-state index in [1.165, 1.54) is 12.1 Å². The number of hydrogen-bond acceptors (Lipinski definition) is 9. The number of benzene rings is 2. The molecular weight excluding hydrogens is 560 g/mol. The van der Waals surface area contributed by atoms with Crippen LogP contribution in [-0.4, -0.2) is 58.4 Å². The van der Waals surface area contributed by atoms with Crippen molar-refractivity contribution in [3.05, 3.63) is 80.5 Å². The number of rotatable bonds is 18. The molecule has 0 unspecified atom stereocenters. The summed E-state index contributed by atoms with van der Waals surface area (Å²) in [5.74, 6) is -0.733. The van der Waals surface area contributed by atoms with E-state index in [9.17, 15) is 14.4 Å². The average Bonchev–Trinajstić information content (AvgIpc) is 3.03. The van der Waals surface area contributed by atoms with Crippen LogP contribution in [0, 0.1) is 0 Å². The summed E-state index contributed by atoms with van der Waals surface area (Å²) in [7, 11) is 0. The SMILES string of the molecule is CCCCOCCN(CCOCCCC)c1ccc2cc(C(=O)c3cc4ccc(N(CC)CC)cc4oc3=O)c(=O)oc2c1. The second-order valence-electron chi connectivity index (χ2n) is 10.8. The van der Waals surface area contributed by atoms with Gasteiger partial charge in [-0.05, 0) is 63.1 Å². The molecule has 2 aromatic heterocycles. The van der Waals surface area contributed by atoms with Gasteiger partial charge >= 0.3 is 11.3 Å². The first kappa shape index (κ1) is 33.0. The van der Waals surface area contributed by atoms with Gasteiger partial charge in [0, 0.05) is 73.7 Å². The van der Waals surface area contributed by atoms with Crippen LogP contribution in [0.15, 0.2) is 67.0 Å². The molecular formula is C35H44N2O7. The number of nitrogens with zero attached hydrogens (tertiary/aromatic N) is 2. The molecule has 4 rings (SSSR count). The summed E-state index contributed by atoms with van der Waals surface area (Å²) in [4.78, 5) is 43.7. The third-order valence-electron chi connectivity index (χ3n) is 7.72. The van der Waals surface area contributed by atoms with E-state index in [1.807, 2.05) is 38.1 Å². The van der Waals surface area contributed by atoms with Crippen molar-refractivity contribution in [3.8, 4) is 0 Å². The van der Waals surface area contributed by atoms with E-state index in [0.29, 0.717) is 61.5 Å². The maximum Gasteiger partial charge on any atom is 0.347 e. The van der Waals surface area contributed by atoms with Crippen LogP contribution in [0.4, 0.5) is 11.4 Å². The molecule has 0 spiro atoms. The zero-order valence-corrected chi connectivity index (χ0v) is 26.4. The Bertz CT molecular complexity index is 1640. The minimum Gasteiger partial charge on any atom is -0.422 e. The standard InChI is InChI=1S/C35H44N2O7/c1-5-9-17-41-19-15-37(16-20-42-18-10-6-2)28-14-12-26-22-30(35(40)44-32(26)24-28)33(38)29-21-25-11-13-27(36(7-3)8-4)23-31(25)43-34(29)39/h11-14,21-24H,5-10,15-20H2,1-4H3. The van der Waals surface area contributed by atoms with E-state index in [2.05, 4.69) is 23.6 Å². The van der Waals surface area contributed by atoms with Gasteiger partial charge in [0.1, 0.15) is 22.3 Å². The summed E-state index contributed by atoms with van der Waals surface area (Å²) in [5, 5.41) is 1.17. The van der Waals surface area contributed by atoms with Crippen molar-refractivity contribution in [2.45, 2.75) is 53.4 Å². The largest absolute Gasteiger partial charge is 0.422 e. The molecule has 0 amide bonds. The fraction of sp³-hybridized carbons (Fsp3) is 0.457. The third kappa shape index (κ3) is 8.15. The fourth-order valence-electron chi connectivity index (χ4n) is 5.06. The van der Waals surface area contributed by atoms with Gasteiger partial charge < -0.3 is 28.1 Å². The fourth-order valence-corrected chi connectivity index (χ4v) is 5.06. The highest BCUT2D eigenvalue weighted by Gasteiger charge is 2.21. The maximum atomic E-state index is 13.4. The number of carbonyl (C=O) groups is 1. The molecule has 9 nitrogen and oxygen atoms in total. The summed E-state index contributed by atoms with van der Waals surface area (Å²) in [6.07, 6.45) is 4.18. The van der Waals surface area contributed by atoms with Gasteiger partial charge in [0.2, 0.25) is 5.78 Å². The van der Waals surface area contributed by atoms with Gasteiger partial charge in [-0.3, -0.25) is 4.79 Å². The van der Waals surface area contributed by atoms with Gasteiger partial charge in [-0.2, -0.15) is 0 Å². The van der Waals surface area contributed by atoms with Crippen molar-refractivity contribution in [1.29, 1.82) is 0 Å².